The molecule has 0 bridgehead atoms. The molecule has 0 saturated carbocycles. The number of benzene rings is 2. The Hall–Kier alpha value is -3.06. The van der Waals surface area contributed by atoms with E-state index >= 15 is 0 Å². The third-order valence-electron chi connectivity index (χ3n) is 3.67. The predicted octanol–water partition coefficient (Wildman–Crippen LogP) is 4.18. The second-order valence-electron chi connectivity index (χ2n) is 5.49. The molecule has 2 aromatic heterocycles. The molecule has 4 aromatic rings. The number of carbonyl (C=O) groups excluding carboxylic acids is 1. The minimum Gasteiger partial charge on any atom is -0.321 e. The molecule has 7 heteroatoms. The van der Waals surface area contributed by atoms with Crippen molar-refractivity contribution in [1.29, 1.82) is 0 Å². The van der Waals surface area contributed by atoms with Crippen LogP contribution in [-0.4, -0.2) is 20.7 Å². The number of hydrogen-bond donors (Lipinski definition) is 1. The van der Waals surface area contributed by atoms with Gasteiger partial charge in [-0.25, -0.2) is 14.1 Å². The number of rotatable bonds is 3. The van der Waals surface area contributed by atoms with Gasteiger partial charge in [-0.05, 0) is 55.5 Å². The Balaban J connectivity index is 1.55. The molecule has 0 aliphatic heterocycles. The Morgan fingerprint density at radius 2 is 1.96 bits per heavy atom. The molecular weight excluding hydrogens is 339 g/mol. The van der Waals surface area contributed by atoms with E-state index in [4.69, 9.17) is 0 Å². The van der Waals surface area contributed by atoms with Crippen molar-refractivity contribution in [3.05, 3.63) is 71.2 Å². The average Bonchev–Trinajstić information content (AvgIpc) is 3.21. The molecule has 0 atom stereocenters. The van der Waals surface area contributed by atoms with Crippen molar-refractivity contribution in [1.82, 2.24) is 14.8 Å². The van der Waals surface area contributed by atoms with Gasteiger partial charge in [-0.3, -0.25) is 4.79 Å². The largest absolute Gasteiger partial charge is 0.321 e. The normalized spacial score (nSPS) is 11.0. The topological polar surface area (TPSA) is 59.8 Å². The summed E-state index contributed by atoms with van der Waals surface area (Å²) in [7, 11) is 0. The summed E-state index contributed by atoms with van der Waals surface area (Å²) in [4.78, 5) is 16.8. The molecule has 1 amide bonds. The van der Waals surface area contributed by atoms with Crippen molar-refractivity contribution < 1.29 is 9.18 Å². The fourth-order valence-corrected chi connectivity index (χ4v) is 3.36. The number of anilines is 1. The molecule has 2 aromatic carbocycles. The summed E-state index contributed by atoms with van der Waals surface area (Å²) in [6, 6.07) is 13.1. The molecule has 0 saturated heterocycles. The van der Waals surface area contributed by atoms with Crippen LogP contribution in [0.25, 0.3) is 15.9 Å². The third kappa shape index (κ3) is 3.14. The van der Waals surface area contributed by atoms with Gasteiger partial charge in [0.25, 0.3) is 5.91 Å². The van der Waals surface area contributed by atoms with Gasteiger partial charge in [0, 0.05) is 11.9 Å². The van der Waals surface area contributed by atoms with Crippen molar-refractivity contribution in [2.75, 3.05) is 5.32 Å². The van der Waals surface area contributed by atoms with Gasteiger partial charge in [-0.15, -0.1) is 11.3 Å². The minimum absolute atomic E-state index is 0.282. The maximum atomic E-state index is 13.0. The summed E-state index contributed by atoms with van der Waals surface area (Å²) in [6.45, 7) is 1.95. The molecular formula is C18H13FN4OS. The van der Waals surface area contributed by atoms with Crippen LogP contribution in [0.5, 0.6) is 0 Å². The van der Waals surface area contributed by atoms with Crippen LogP contribution < -0.4 is 5.32 Å². The van der Waals surface area contributed by atoms with E-state index < -0.39 is 0 Å². The molecule has 25 heavy (non-hydrogen) atoms. The summed E-state index contributed by atoms with van der Waals surface area (Å²) >= 11 is 1.58. The van der Waals surface area contributed by atoms with Gasteiger partial charge in [-0.1, -0.05) is 0 Å². The molecule has 0 unspecified atom stereocenters. The molecule has 0 aliphatic rings. The van der Waals surface area contributed by atoms with Crippen LogP contribution in [0.1, 0.15) is 15.5 Å². The Morgan fingerprint density at radius 1 is 1.16 bits per heavy atom. The number of halogens is 1. The first kappa shape index (κ1) is 15.5. The van der Waals surface area contributed by atoms with Crippen molar-refractivity contribution >= 4 is 33.1 Å². The van der Waals surface area contributed by atoms with Gasteiger partial charge in [0.15, 0.2) is 5.69 Å². The van der Waals surface area contributed by atoms with Gasteiger partial charge >= 0.3 is 0 Å². The van der Waals surface area contributed by atoms with Gasteiger partial charge in [0.2, 0.25) is 0 Å². The lowest BCUT2D eigenvalue weighted by Crippen LogP contribution is -2.13. The lowest BCUT2D eigenvalue weighted by molar-refractivity contribution is 0.102. The highest BCUT2D eigenvalue weighted by Crippen LogP contribution is 2.25. The number of hydrogen-bond acceptors (Lipinski definition) is 4. The quantitative estimate of drug-likeness (QED) is 0.602. The summed E-state index contributed by atoms with van der Waals surface area (Å²) in [6.07, 6.45) is 1.66. The lowest BCUT2D eigenvalue weighted by Gasteiger charge is -2.03. The van der Waals surface area contributed by atoms with E-state index in [0.717, 1.165) is 15.2 Å². The van der Waals surface area contributed by atoms with E-state index in [2.05, 4.69) is 15.4 Å². The predicted molar refractivity (Wildman–Crippen MR) is 95.8 cm³/mol. The molecule has 5 nitrogen and oxygen atoms in total. The molecule has 124 valence electrons. The molecule has 0 radical (unpaired) electrons. The standard InChI is InChI=1S/C18H13FN4OS/c1-11-20-15-7-4-13(10-17(15)25-11)21-18(24)16-8-9-23(22-16)14-5-2-12(19)3-6-14/h2-10H,1H3,(H,21,24). The van der Waals surface area contributed by atoms with Crippen LogP contribution >= 0.6 is 11.3 Å². The fraction of sp³-hybridized carbons (Fsp3) is 0.0556. The number of amides is 1. The van der Waals surface area contributed by atoms with Crippen molar-refractivity contribution in [3.8, 4) is 5.69 Å². The second kappa shape index (κ2) is 6.10. The first-order valence-electron chi connectivity index (χ1n) is 7.59. The maximum absolute atomic E-state index is 13.0. The third-order valence-corrected chi connectivity index (χ3v) is 4.60. The van der Waals surface area contributed by atoms with Gasteiger partial charge < -0.3 is 5.32 Å². The molecule has 2 heterocycles. The summed E-state index contributed by atoms with van der Waals surface area (Å²) in [5.74, 6) is -0.621. The highest BCUT2D eigenvalue weighted by molar-refractivity contribution is 7.18. The molecule has 0 aliphatic carbocycles. The maximum Gasteiger partial charge on any atom is 0.276 e. The zero-order valence-electron chi connectivity index (χ0n) is 13.2. The zero-order chi connectivity index (χ0) is 17.4. The van der Waals surface area contributed by atoms with E-state index in [1.54, 1.807) is 35.7 Å². The Bertz CT molecular complexity index is 1070. The van der Waals surface area contributed by atoms with E-state index in [0.29, 0.717) is 11.4 Å². The number of thiazole rings is 1. The first-order chi connectivity index (χ1) is 12.1. The number of nitrogens with one attached hydrogen (secondary N) is 1. The van der Waals surface area contributed by atoms with Gasteiger partial charge in [0.1, 0.15) is 5.82 Å². The van der Waals surface area contributed by atoms with Crippen molar-refractivity contribution in [3.63, 3.8) is 0 Å². The van der Waals surface area contributed by atoms with Crippen LogP contribution in [0.2, 0.25) is 0 Å². The van der Waals surface area contributed by atoms with E-state index in [-0.39, 0.29) is 17.4 Å². The number of carbonyl (C=O) groups is 1. The summed E-state index contributed by atoms with van der Waals surface area (Å²) < 4.78 is 15.5. The van der Waals surface area contributed by atoms with E-state index in [1.165, 1.54) is 16.8 Å². The number of nitrogens with zero attached hydrogens (tertiary/aromatic N) is 3. The fourth-order valence-electron chi connectivity index (χ4n) is 2.50. The van der Waals surface area contributed by atoms with Crippen LogP contribution in [0.15, 0.2) is 54.7 Å². The SMILES string of the molecule is Cc1nc2ccc(NC(=O)c3ccn(-c4ccc(F)cc4)n3)cc2s1. The van der Waals surface area contributed by atoms with Crippen LogP contribution in [0.3, 0.4) is 0 Å². The lowest BCUT2D eigenvalue weighted by atomic mass is 10.3. The van der Waals surface area contributed by atoms with Gasteiger partial charge in [-0.2, -0.15) is 5.10 Å². The Labute approximate surface area is 146 Å². The second-order valence-corrected chi connectivity index (χ2v) is 6.73. The van der Waals surface area contributed by atoms with Crippen LogP contribution in [0, 0.1) is 12.7 Å². The van der Waals surface area contributed by atoms with Crippen molar-refractivity contribution in [2.24, 2.45) is 0 Å². The van der Waals surface area contributed by atoms with E-state index in [9.17, 15) is 9.18 Å². The smallest absolute Gasteiger partial charge is 0.276 e. The molecule has 0 fully saturated rings. The van der Waals surface area contributed by atoms with Crippen molar-refractivity contribution in [2.45, 2.75) is 6.92 Å². The Kier molecular flexibility index (Phi) is 3.77. The van der Waals surface area contributed by atoms with E-state index in [1.807, 2.05) is 25.1 Å². The average molecular weight is 352 g/mol. The first-order valence-corrected chi connectivity index (χ1v) is 8.40. The highest BCUT2D eigenvalue weighted by Gasteiger charge is 2.11. The Morgan fingerprint density at radius 3 is 2.76 bits per heavy atom. The molecule has 4 rings (SSSR count). The number of aryl methyl sites for hydroxylation is 1. The zero-order valence-corrected chi connectivity index (χ0v) is 14.0. The number of aromatic nitrogens is 3. The minimum atomic E-state index is -0.317. The highest BCUT2D eigenvalue weighted by atomic mass is 32.1. The van der Waals surface area contributed by atoms with Crippen LogP contribution in [-0.2, 0) is 0 Å². The van der Waals surface area contributed by atoms with Crippen LogP contribution in [0.4, 0.5) is 10.1 Å². The van der Waals surface area contributed by atoms with Gasteiger partial charge in [0.05, 0.1) is 20.9 Å². The summed E-state index contributed by atoms with van der Waals surface area (Å²) in [5.41, 5.74) is 2.57. The molecule has 1 N–H and O–H groups in total. The molecule has 0 spiro atoms. The monoisotopic (exact) mass is 352 g/mol. The summed E-state index contributed by atoms with van der Waals surface area (Å²) in [5, 5.41) is 8.07. The number of fused-ring (bicyclic) bond motifs is 1.